The Balaban J connectivity index is 1.78. The molecule has 0 saturated heterocycles. The van der Waals surface area contributed by atoms with Crippen molar-refractivity contribution in [1.29, 1.82) is 0 Å². The predicted octanol–water partition coefficient (Wildman–Crippen LogP) is 5.00. The summed E-state index contributed by atoms with van der Waals surface area (Å²) in [6.45, 7) is 0. The van der Waals surface area contributed by atoms with Gasteiger partial charge < -0.3 is 9.47 Å². The van der Waals surface area contributed by atoms with Crippen LogP contribution in [0.3, 0.4) is 0 Å². The molecule has 1 saturated carbocycles. The number of carbonyl (C=O) groups is 1. The number of alkyl halides is 3. The van der Waals surface area contributed by atoms with E-state index in [1.807, 2.05) is 0 Å². The number of methoxy groups -OCH3 is 1. The van der Waals surface area contributed by atoms with Gasteiger partial charge in [-0.2, -0.15) is 13.2 Å². The molecule has 7 heteroatoms. The molecule has 0 amide bonds. The molecule has 0 aromatic heterocycles. The summed E-state index contributed by atoms with van der Waals surface area (Å²) in [6, 6.07) is 8.99. The number of hydrogen-bond acceptors (Lipinski definition) is 3. The van der Waals surface area contributed by atoms with Crippen LogP contribution in [0.2, 0.25) is 0 Å². The van der Waals surface area contributed by atoms with E-state index in [-0.39, 0.29) is 35.5 Å². The second-order valence-electron chi connectivity index (χ2n) is 5.84. The van der Waals surface area contributed by atoms with Gasteiger partial charge in [0.25, 0.3) is 0 Å². The van der Waals surface area contributed by atoms with Crippen molar-refractivity contribution in [2.45, 2.75) is 24.4 Å². The van der Waals surface area contributed by atoms with Crippen LogP contribution in [0.1, 0.15) is 28.8 Å². The summed E-state index contributed by atoms with van der Waals surface area (Å²) in [6.07, 6.45) is -4.15. The maximum atomic E-state index is 14.0. The summed E-state index contributed by atoms with van der Waals surface area (Å²) in [4.78, 5) is 11.3. The van der Waals surface area contributed by atoms with Crippen molar-refractivity contribution in [2.75, 3.05) is 7.11 Å². The predicted molar refractivity (Wildman–Crippen MR) is 81.2 cm³/mol. The first-order valence-electron chi connectivity index (χ1n) is 7.50. The van der Waals surface area contributed by atoms with Crippen LogP contribution < -0.4 is 4.74 Å². The van der Waals surface area contributed by atoms with E-state index in [0.717, 1.165) is 6.07 Å². The highest BCUT2D eigenvalue weighted by Gasteiger charge is 2.64. The molecular weight excluding hydrogens is 340 g/mol. The van der Waals surface area contributed by atoms with Crippen molar-refractivity contribution in [3.63, 3.8) is 0 Å². The number of hydrogen-bond donors (Lipinski definition) is 0. The molecule has 0 N–H and O–H groups in total. The Kier molecular flexibility index (Phi) is 4.18. The maximum Gasteiger partial charge on any atom is 0.398 e. The fourth-order valence-electron chi connectivity index (χ4n) is 2.66. The maximum absolute atomic E-state index is 14.0. The third-order valence-corrected chi connectivity index (χ3v) is 4.28. The summed E-state index contributed by atoms with van der Waals surface area (Å²) in [5.74, 6) is -1.40. The van der Waals surface area contributed by atoms with Crippen LogP contribution in [0.25, 0.3) is 0 Å². The van der Waals surface area contributed by atoms with Crippen LogP contribution in [0, 0.1) is 5.82 Å². The number of ether oxygens (including phenoxy) is 2. The zero-order valence-electron chi connectivity index (χ0n) is 13.2. The van der Waals surface area contributed by atoms with Gasteiger partial charge in [-0.15, -0.1) is 0 Å². The first-order valence-corrected chi connectivity index (χ1v) is 7.50. The molecule has 2 aromatic rings. The molecule has 0 atom stereocenters. The second kappa shape index (κ2) is 6.06. The summed E-state index contributed by atoms with van der Waals surface area (Å²) in [5, 5.41) is 0. The summed E-state index contributed by atoms with van der Waals surface area (Å²) in [5.41, 5.74) is -1.56. The molecule has 1 aliphatic rings. The first-order chi connectivity index (χ1) is 11.8. The van der Waals surface area contributed by atoms with Crippen LogP contribution in [0.5, 0.6) is 11.5 Å². The monoisotopic (exact) mass is 354 g/mol. The zero-order chi connectivity index (χ0) is 18.2. The van der Waals surface area contributed by atoms with Crippen LogP contribution in [0.15, 0.2) is 42.5 Å². The van der Waals surface area contributed by atoms with Crippen molar-refractivity contribution in [1.82, 2.24) is 0 Å². The van der Waals surface area contributed by atoms with E-state index in [9.17, 15) is 22.4 Å². The molecule has 0 radical (unpaired) electrons. The lowest BCUT2D eigenvalue weighted by Gasteiger charge is -2.19. The normalized spacial score (nSPS) is 15.6. The van der Waals surface area contributed by atoms with Gasteiger partial charge in [0.2, 0.25) is 0 Å². The summed E-state index contributed by atoms with van der Waals surface area (Å²) in [7, 11) is 1.18. The van der Waals surface area contributed by atoms with Gasteiger partial charge in [0.1, 0.15) is 5.75 Å². The van der Waals surface area contributed by atoms with Crippen molar-refractivity contribution in [3.05, 3.63) is 59.4 Å². The Hall–Kier alpha value is -2.57. The molecule has 132 valence electrons. The molecular formula is C18H14F4O3. The van der Waals surface area contributed by atoms with Gasteiger partial charge in [-0.05, 0) is 48.7 Å². The molecule has 2 aromatic carbocycles. The van der Waals surface area contributed by atoms with Gasteiger partial charge in [0.05, 0.1) is 18.1 Å². The largest absolute Gasteiger partial charge is 0.465 e. The Bertz CT molecular complexity index is 793. The molecule has 0 spiro atoms. The number of benzene rings is 2. The fraction of sp³-hybridized carbons (Fsp3) is 0.278. The Morgan fingerprint density at radius 2 is 1.72 bits per heavy atom. The first kappa shape index (κ1) is 17.3. The minimum Gasteiger partial charge on any atom is -0.465 e. The molecule has 3 rings (SSSR count). The SMILES string of the molecule is COC(=O)c1ccc(Oc2ccc(C3(C(F)(F)F)CC3)cc2)c(F)c1. The van der Waals surface area contributed by atoms with Crippen LogP contribution in [0.4, 0.5) is 17.6 Å². The Labute approximate surface area is 141 Å². The Morgan fingerprint density at radius 3 is 2.20 bits per heavy atom. The molecule has 1 fully saturated rings. The second-order valence-corrected chi connectivity index (χ2v) is 5.84. The van der Waals surface area contributed by atoms with Gasteiger partial charge >= 0.3 is 12.1 Å². The standard InChI is InChI=1S/C18H14F4O3/c1-24-16(23)11-2-7-15(14(19)10-11)25-13-5-3-12(4-6-13)17(8-9-17)18(20,21)22/h2-7,10H,8-9H2,1H3. The lowest BCUT2D eigenvalue weighted by molar-refractivity contribution is -0.160. The number of halogens is 4. The van der Waals surface area contributed by atoms with Crippen molar-refractivity contribution < 1.29 is 31.8 Å². The van der Waals surface area contributed by atoms with E-state index in [1.54, 1.807) is 0 Å². The molecule has 0 bridgehead atoms. The minimum absolute atomic E-state index is 0.0311. The van der Waals surface area contributed by atoms with E-state index in [1.165, 1.54) is 43.5 Å². The number of carbonyl (C=O) groups excluding carboxylic acids is 1. The molecule has 1 aliphatic carbocycles. The topological polar surface area (TPSA) is 35.5 Å². The van der Waals surface area contributed by atoms with Crippen LogP contribution >= 0.6 is 0 Å². The van der Waals surface area contributed by atoms with Crippen LogP contribution in [-0.2, 0) is 10.2 Å². The van der Waals surface area contributed by atoms with Crippen molar-refractivity contribution >= 4 is 5.97 Å². The third kappa shape index (κ3) is 3.18. The average molecular weight is 354 g/mol. The fourth-order valence-corrected chi connectivity index (χ4v) is 2.66. The highest BCUT2D eigenvalue weighted by molar-refractivity contribution is 5.89. The number of esters is 1. The van der Waals surface area contributed by atoms with E-state index in [4.69, 9.17) is 4.74 Å². The third-order valence-electron chi connectivity index (χ3n) is 4.28. The Morgan fingerprint density at radius 1 is 1.08 bits per heavy atom. The van der Waals surface area contributed by atoms with Gasteiger partial charge in [-0.25, -0.2) is 9.18 Å². The van der Waals surface area contributed by atoms with E-state index in [2.05, 4.69) is 4.74 Å². The van der Waals surface area contributed by atoms with Gasteiger partial charge in [-0.3, -0.25) is 0 Å². The lowest BCUT2D eigenvalue weighted by atomic mass is 9.95. The number of rotatable bonds is 4. The van der Waals surface area contributed by atoms with Crippen molar-refractivity contribution in [3.8, 4) is 11.5 Å². The zero-order valence-corrected chi connectivity index (χ0v) is 13.2. The quantitative estimate of drug-likeness (QED) is 0.573. The van der Waals surface area contributed by atoms with E-state index < -0.39 is 23.4 Å². The lowest BCUT2D eigenvalue weighted by Crippen LogP contribution is -2.28. The highest BCUT2D eigenvalue weighted by Crippen LogP contribution is 2.58. The highest BCUT2D eigenvalue weighted by atomic mass is 19.4. The molecule has 0 aliphatic heterocycles. The minimum atomic E-state index is -4.29. The molecule has 0 unspecified atom stereocenters. The smallest absolute Gasteiger partial charge is 0.398 e. The van der Waals surface area contributed by atoms with Gasteiger partial charge in [0.15, 0.2) is 11.6 Å². The van der Waals surface area contributed by atoms with Crippen molar-refractivity contribution in [2.24, 2.45) is 0 Å². The van der Waals surface area contributed by atoms with Crippen LogP contribution in [-0.4, -0.2) is 19.3 Å². The van der Waals surface area contributed by atoms with E-state index in [0.29, 0.717) is 0 Å². The van der Waals surface area contributed by atoms with E-state index >= 15 is 0 Å². The molecule has 3 nitrogen and oxygen atoms in total. The summed E-state index contributed by atoms with van der Waals surface area (Å²) < 4.78 is 63.1. The van der Waals surface area contributed by atoms with Gasteiger partial charge in [0, 0.05) is 0 Å². The molecule has 25 heavy (non-hydrogen) atoms. The summed E-state index contributed by atoms with van der Waals surface area (Å²) >= 11 is 0. The van der Waals surface area contributed by atoms with Gasteiger partial charge in [-0.1, -0.05) is 12.1 Å². The average Bonchev–Trinajstić information content (AvgIpc) is 3.38. The molecule has 0 heterocycles.